The zero-order valence-electron chi connectivity index (χ0n) is 17.5. The molecule has 3 atom stereocenters. The second-order valence-electron chi connectivity index (χ2n) is 7.74. The molecule has 2 N–H and O–H groups in total. The van der Waals surface area contributed by atoms with Crippen molar-refractivity contribution in [2.45, 2.75) is 25.5 Å². The monoisotopic (exact) mass is 433 g/mol. The van der Waals surface area contributed by atoms with Gasteiger partial charge in [0, 0.05) is 18.1 Å². The maximum atomic E-state index is 12.8. The Hall–Kier alpha value is -3.78. The number of benzene rings is 1. The Labute approximate surface area is 185 Å². The number of anilines is 1. The lowest BCUT2D eigenvalue weighted by Crippen LogP contribution is -2.61. The lowest BCUT2D eigenvalue weighted by Gasteiger charge is -2.44. The summed E-state index contributed by atoms with van der Waals surface area (Å²) in [7, 11) is 0. The van der Waals surface area contributed by atoms with Crippen LogP contribution in [0, 0.1) is 5.92 Å². The van der Waals surface area contributed by atoms with E-state index in [9.17, 15) is 19.5 Å². The van der Waals surface area contributed by atoms with Crippen molar-refractivity contribution in [1.82, 2.24) is 9.88 Å². The standard InChI is InChI=1S/C24H23N3O5/c1-3-10-32-24(31)21-18(12-19-20(14(2)28)23(30)27(19)21)15-6-4-8-17(11-15)26-22(29)16-7-5-9-25-13-16/h3-9,11,13-14,19-20,28H,1,10,12H2,2H3,(H,26,29)/t14-,19-,20-/m1/s1. The third-order valence-corrected chi connectivity index (χ3v) is 5.65. The average Bonchev–Trinajstić information content (AvgIpc) is 3.13. The summed E-state index contributed by atoms with van der Waals surface area (Å²) in [6, 6.07) is 10.1. The molecule has 0 spiro atoms. The minimum Gasteiger partial charge on any atom is -0.457 e. The molecule has 1 aromatic heterocycles. The Morgan fingerprint density at radius 1 is 1.38 bits per heavy atom. The number of esters is 1. The lowest BCUT2D eigenvalue weighted by atomic mass is 9.82. The fourth-order valence-corrected chi connectivity index (χ4v) is 4.20. The second-order valence-corrected chi connectivity index (χ2v) is 7.74. The van der Waals surface area contributed by atoms with Crippen LogP contribution in [-0.2, 0) is 14.3 Å². The van der Waals surface area contributed by atoms with E-state index in [0.29, 0.717) is 28.8 Å². The molecule has 4 rings (SSSR count). The molecule has 2 amide bonds. The summed E-state index contributed by atoms with van der Waals surface area (Å²) in [5.41, 5.74) is 2.45. The van der Waals surface area contributed by atoms with Gasteiger partial charge in [0.25, 0.3) is 5.91 Å². The fraction of sp³-hybridized carbons (Fsp3) is 0.250. The summed E-state index contributed by atoms with van der Waals surface area (Å²) >= 11 is 0. The van der Waals surface area contributed by atoms with Gasteiger partial charge in [-0.3, -0.25) is 14.6 Å². The molecule has 164 valence electrons. The molecule has 0 aliphatic carbocycles. The first kappa shape index (κ1) is 21.5. The fourth-order valence-electron chi connectivity index (χ4n) is 4.20. The van der Waals surface area contributed by atoms with Crippen molar-refractivity contribution in [1.29, 1.82) is 0 Å². The molecule has 0 bridgehead atoms. The van der Waals surface area contributed by atoms with E-state index in [0.717, 1.165) is 0 Å². The van der Waals surface area contributed by atoms with Gasteiger partial charge in [-0.1, -0.05) is 24.8 Å². The number of ether oxygens (including phenoxy) is 1. The number of amides is 2. The Morgan fingerprint density at radius 3 is 2.88 bits per heavy atom. The number of β-lactam (4-membered cyclic amide) rings is 1. The molecule has 2 aliphatic rings. The molecule has 0 radical (unpaired) electrons. The van der Waals surface area contributed by atoms with Crippen molar-refractivity contribution in [3.8, 4) is 0 Å². The second kappa shape index (κ2) is 8.76. The van der Waals surface area contributed by atoms with Gasteiger partial charge in [0.15, 0.2) is 0 Å². The van der Waals surface area contributed by atoms with Crippen molar-refractivity contribution in [3.05, 3.63) is 78.3 Å². The summed E-state index contributed by atoms with van der Waals surface area (Å²) in [6.07, 6.45) is 4.09. The lowest BCUT2D eigenvalue weighted by molar-refractivity contribution is -0.162. The van der Waals surface area contributed by atoms with Crippen LogP contribution >= 0.6 is 0 Å². The highest BCUT2D eigenvalue weighted by Gasteiger charge is 2.57. The summed E-state index contributed by atoms with van der Waals surface area (Å²) in [5, 5.41) is 12.8. The number of pyridine rings is 1. The number of rotatable bonds is 7. The molecule has 0 saturated carbocycles. The highest BCUT2D eigenvalue weighted by Crippen LogP contribution is 2.47. The zero-order chi connectivity index (χ0) is 22.8. The van der Waals surface area contributed by atoms with Crippen molar-refractivity contribution < 1.29 is 24.2 Å². The smallest absolute Gasteiger partial charge is 0.355 e. The number of carbonyl (C=O) groups is 3. The van der Waals surface area contributed by atoms with Crippen molar-refractivity contribution >= 4 is 29.0 Å². The Kier molecular flexibility index (Phi) is 5.87. The minimum atomic E-state index is -0.821. The van der Waals surface area contributed by atoms with Crippen LogP contribution in [0.3, 0.4) is 0 Å². The van der Waals surface area contributed by atoms with E-state index in [4.69, 9.17) is 4.74 Å². The van der Waals surface area contributed by atoms with Crippen LogP contribution in [0.1, 0.15) is 29.3 Å². The predicted octanol–water partition coefficient (Wildman–Crippen LogP) is 2.39. The van der Waals surface area contributed by atoms with Crippen LogP contribution in [0.15, 0.2) is 67.1 Å². The maximum absolute atomic E-state index is 12.8. The number of carbonyl (C=O) groups excluding carboxylic acids is 3. The van der Waals surface area contributed by atoms with E-state index in [1.165, 1.54) is 17.2 Å². The van der Waals surface area contributed by atoms with E-state index >= 15 is 0 Å². The molecule has 32 heavy (non-hydrogen) atoms. The van der Waals surface area contributed by atoms with Gasteiger partial charge in [0.2, 0.25) is 5.91 Å². The first-order valence-electron chi connectivity index (χ1n) is 10.3. The molecule has 8 heteroatoms. The number of nitrogens with one attached hydrogen (secondary N) is 1. The predicted molar refractivity (Wildman–Crippen MR) is 117 cm³/mol. The number of hydrogen-bond acceptors (Lipinski definition) is 6. The van der Waals surface area contributed by atoms with Gasteiger partial charge in [-0.25, -0.2) is 4.79 Å². The van der Waals surface area contributed by atoms with Crippen LogP contribution in [0.4, 0.5) is 5.69 Å². The van der Waals surface area contributed by atoms with Gasteiger partial charge in [-0.2, -0.15) is 0 Å². The van der Waals surface area contributed by atoms with Gasteiger partial charge in [0.05, 0.1) is 23.6 Å². The summed E-state index contributed by atoms with van der Waals surface area (Å²) in [5.74, 6) is -1.80. The van der Waals surface area contributed by atoms with Gasteiger partial charge in [0.1, 0.15) is 12.3 Å². The van der Waals surface area contributed by atoms with Crippen LogP contribution < -0.4 is 5.32 Å². The number of aliphatic hydroxyl groups is 1. The van der Waals surface area contributed by atoms with Crippen molar-refractivity contribution in [3.63, 3.8) is 0 Å². The number of fused-ring (bicyclic) bond motifs is 1. The molecule has 2 aromatic rings. The van der Waals surface area contributed by atoms with E-state index < -0.39 is 18.0 Å². The molecular weight excluding hydrogens is 410 g/mol. The molecule has 1 aromatic carbocycles. The topological polar surface area (TPSA) is 109 Å². The summed E-state index contributed by atoms with van der Waals surface area (Å²) in [4.78, 5) is 43.3. The number of aromatic nitrogens is 1. The summed E-state index contributed by atoms with van der Waals surface area (Å²) in [6.45, 7) is 5.14. The maximum Gasteiger partial charge on any atom is 0.355 e. The minimum absolute atomic E-state index is 0.0172. The van der Waals surface area contributed by atoms with E-state index in [1.54, 1.807) is 43.5 Å². The SMILES string of the molecule is C=CCOC(=O)C1=C(c2cccc(NC(=O)c3cccnc3)c2)C[C@@H]2[C@@H]([C@@H](C)O)C(=O)N12. The Balaban J connectivity index is 1.66. The first-order chi connectivity index (χ1) is 15.4. The largest absolute Gasteiger partial charge is 0.457 e. The van der Waals surface area contributed by atoms with E-state index in [1.807, 2.05) is 6.07 Å². The number of hydrogen-bond donors (Lipinski definition) is 2. The molecule has 1 saturated heterocycles. The van der Waals surface area contributed by atoms with Gasteiger partial charge >= 0.3 is 5.97 Å². The van der Waals surface area contributed by atoms with Crippen LogP contribution in [-0.4, -0.2) is 51.5 Å². The summed E-state index contributed by atoms with van der Waals surface area (Å²) < 4.78 is 5.23. The third kappa shape index (κ3) is 3.80. The van der Waals surface area contributed by atoms with Crippen molar-refractivity contribution in [2.24, 2.45) is 5.92 Å². The normalized spacial score (nSPS) is 20.3. The highest BCUT2D eigenvalue weighted by molar-refractivity contribution is 6.07. The molecule has 2 aliphatic heterocycles. The average molecular weight is 433 g/mol. The van der Waals surface area contributed by atoms with Crippen LogP contribution in [0.25, 0.3) is 5.57 Å². The first-order valence-corrected chi connectivity index (χ1v) is 10.3. The zero-order valence-corrected chi connectivity index (χ0v) is 17.5. The van der Waals surface area contributed by atoms with Gasteiger partial charge in [-0.15, -0.1) is 0 Å². The highest BCUT2D eigenvalue weighted by atomic mass is 16.5. The van der Waals surface area contributed by atoms with Crippen molar-refractivity contribution in [2.75, 3.05) is 11.9 Å². The molecular formula is C24H23N3O5. The van der Waals surface area contributed by atoms with Gasteiger partial charge < -0.3 is 20.1 Å². The van der Waals surface area contributed by atoms with E-state index in [-0.39, 0.29) is 30.2 Å². The number of aliphatic hydroxyl groups excluding tert-OH is 1. The Bertz CT molecular complexity index is 1110. The third-order valence-electron chi connectivity index (χ3n) is 5.65. The number of nitrogens with zero attached hydrogens (tertiary/aromatic N) is 2. The molecule has 0 unspecified atom stereocenters. The van der Waals surface area contributed by atoms with Crippen LogP contribution in [0.2, 0.25) is 0 Å². The Morgan fingerprint density at radius 2 is 2.19 bits per heavy atom. The quantitative estimate of drug-likeness (QED) is 0.394. The van der Waals surface area contributed by atoms with Gasteiger partial charge in [-0.05, 0) is 48.7 Å². The van der Waals surface area contributed by atoms with Crippen LogP contribution in [0.5, 0.6) is 0 Å². The molecule has 3 heterocycles. The molecule has 8 nitrogen and oxygen atoms in total. The molecule has 1 fully saturated rings. The van der Waals surface area contributed by atoms with E-state index in [2.05, 4.69) is 16.9 Å².